The Morgan fingerprint density at radius 2 is 2.20 bits per heavy atom. The zero-order valence-electron chi connectivity index (χ0n) is 11.6. The van der Waals surface area contributed by atoms with Crippen molar-refractivity contribution in [2.45, 2.75) is 19.8 Å². The smallest absolute Gasteiger partial charge is 0.140 e. The molecular weight excluding hydrogens is 248 g/mol. The van der Waals surface area contributed by atoms with Gasteiger partial charge in [0.25, 0.3) is 0 Å². The summed E-state index contributed by atoms with van der Waals surface area (Å²) in [6.45, 7) is 2.66. The van der Waals surface area contributed by atoms with Crippen molar-refractivity contribution in [1.29, 1.82) is 5.41 Å². The fourth-order valence-corrected chi connectivity index (χ4v) is 2.52. The highest BCUT2D eigenvalue weighted by molar-refractivity contribution is 6.29. The molecule has 0 bridgehead atoms. The van der Waals surface area contributed by atoms with E-state index in [1.165, 1.54) is 0 Å². The van der Waals surface area contributed by atoms with Crippen LogP contribution in [0.25, 0.3) is 16.5 Å². The van der Waals surface area contributed by atoms with E-state index in [9.17, 15) is 0 Å². The Morgan fingerprint density at radius 1 is 1.35 bits per heavy atom. The number of benzene rings is 1. The average molecular weight is 266 g/mol. The van der Waals surface area contributed by atoms with Gasteiger partial charge >= 0.3 is 0 Å². The van der Waals surface area contributed by atoms with E-state index in [-0.39, 0.29) is 0 Å². The predicted molar refractivity (Wildman–Crippen MR) is 82.9 cm³/mol. The molecule has 0 saturated carbocycles. The molecular formula is C17H18N2O. The zero-order valence-corrected chi connectivity index (χ0v) is 11.6. The number of hydrogen-bond donors (Lipinski definition) is 2. The molecule has 0 radical (unpaired) electrons. The minimum absolute atomic E-state index is 0.457. The summed E-state index contributed by atoms with van der Waals surface area (Å²) in [4.78, 5) is 3.37. The summed E-state index contributed by atoms with van der Waals surface area (Å²) < 4.78 is 5.60. The highest BCUT2D eigenvalue weighted by Gasteiger charge is 2.17. The molecule has 3 heteroatoms. The average Bonchev–Trinajstić information content (AvgIpc) is 2.92. The van der Waals surface area contributed by atoms with Gasteiger partial charge in [0.2, 0.25) is 0 Å². The van der Waals surface area contributed by atoms with E-state index < -0.39 is 0 Å². The maximum atomic E-state index is 8.37. The number of rotatable bonds is 3. The molecule has 0 fully saturated rings. The van der Waals surface area contributed by atoms with E-state index >= 15 is 0 Å². The van der Waals surface area contributed by atoms with Crippen molar-refractivity contribution in [3.8, 4) is 0 Å². The molecule has 0 unspecified atom stereocenters. The van der Waals surface area contributed by atoms with Gasteiger partial charge in [-0.25, -0.2) is 0 Å². The fraction of sp³-hybridized carbons (Fsp3) is 0.235. The van der Waals surface area contributed by atoms with Crippen LogP contribution in [0.1, 0.15) is 25.5 Å². The molecule has 0 saturated heterocycles. The number of hydrogen-bond acceptors (Lipinski definition) is 2. The van der Waals surface area contributed by atoms with Crippen LogP contribution < -0.4 is 0 Å². The lowest BCUT2D eigenvalue weighted by molar-refractivity contribution is 0.212. The van der Waals surface area contributed by atoms with Crippen LogP contribution in [0.5, 0.6) is 0 Å². The number of allylic oxidation sites excluding steroid dienone is 3. The molecule has 1 aliphatic heterocycles. The van der Waals surface area contributed by atoms with Crippen LogP contribution in [-0.4, -0.2) is 17.3 Å². The Hall–Kier alpha value is -2.29. The Labute approximate surface area is 118 Å². The zero-order chi connectivity index (χ0) is 13.9. The molecule has 1 aromatic carbocycles. The van der Waals surface area contributed by atoms with E-state index in [0.717, 1.165) is 35.0 Å². The summed E-state index contributed by atoms with van der Waals surface area (Å²) in [6.07, 6.45) is 6.00. The molecule has 0 atom stereocenters. The molecule has 1 aliphatic rings. The number of H-pyrrole nitrogens is 1. The minimum Gasteiger partial charge on any atom is -0.492 e. The normalized spacial score (nSPS) is 15.8. The van der Waals surface area contributed by atoms with E-state index in [0.29, 0.717) is 18.1 Å². The Morgan fingerprint density at radius 3 is 2.90 bits per heavy atom. The van der Waals surface area contributed by atoms with Gasteiger partial charge in [-0.15, -0.1) is 0 Å². The van der Waals surface area contributed by atoms with Gasteiger partial charge in [-0.2, -0.15) is 0 Å². The van der Waals surface area contributed by atoms with Gasteiger partial charge in [0.05, 0.1) is 6.61 Å². The summed E-state index contributed by atoms with van der Waals surface area (Å²) >= 11 is 0. The topological polar surface area (TPSA) is 48.9 Å². The molecule has 0 amide bonds. The number of fused-ring (bicyclic) bond motifs is 1. The van der Waals surface area contributed by atoms with Crippen molar-refractivity contribution in [2.24, 2.45) is 0 Å². The van der Waals surface area contributed by atoms with Crippen molar-refractivity contribution < 1.29 is 4.74 Å². The molecule has 102 valence electrons. The molecule has 2 N–H and O–H groups in total. The van der Waals surface area contributed by atoms with Crippen molar-refractivity contribution in [3.05, 3.63) is 53.9 Å². The SMILES string of the molecule is C/C=C(\C(=N)C1=CCCCO1)c1cc2ccccc2[nH]1. The summed E-state index contributed by atoms with van der Waals surface area (Å²) in [6, 6.07) is 10.2. The van der Waals surface area contributed by atoms with Crippen LogP contribution in [0.3, 0.4) is 0 Å². The first-order valence-electron chi connectivity index (χ1n) is 6.96. The number of aromatic nitrogens is 1. The van der Waals surface area contributed by atoms with Gasteiger partial charge in [0, 0.05) is 22.2 Å². The highest BCUT2D eigenvalue weighted by Crippen LogP contribution is 2.25. The Bertz CT molecular complexity index is 674. The number of para-hydroxylation sites is 1. The summed E-state index contributed by atoms with van der Waals surface area (Å²) in [5.41, 5.74) is 3.40. The van der Waals surface area contributed by atoms with Crippen LogP contribution in [0.15, 0.2) is 48.2 Å². The van der Waals surface area contributed by atoms with E-state index in [4.69, 9.17) is 10.1 Å². The Kier molecular flexibility index (Phi) is 3.42. The third-order valence-corrected chi connectivity index (χ3v) is 3.56. The van der Waals surface area contributed by atoms with Gasteiger partial charge in [0.1, 0.15) is 11.5 Å². The number of nitrogens with one attached hydrogen (secondary N) is 2. The number of ether oxygens (including phenoxy) is 1. The molecule has 3 rings (SSSR count). The van der Waals surface area contributed by atoms with Gasteiger partial charge < -0.3 is 9.72 Å². The largest absolute Gasteiger partial charge is 0.492 e. The van der Waals surface area contributed by atoms with Crippen molar-refractivity contribution in [3.63, 3.8) is 0 Å². The van der Waals surface area contributed by atoms with E-state index in [2.05, 4.69) is 17.1 Å². The maximum absolute atomic E-state index is 8.37. The lowest BCUT2D eigenvalue weighted by atomic mass is 10.0. The second kappa shape index (κ2) is 5.37. The Balaban J connectivity index is 1.97. The lowest BCUT2D eigenvalue weighted by Crippen LogP contribution is -2.12. The molecule has 0 aliphatic carbocycles. The standard InChI is InChI=1S/C17H18N2O/c1-2-13(17(18)16-9-5-6-10-20-16)15-11-12-7-3-4-8-14(12)19-15/h2-4,7-9,11,18-19H,5-6,10H2,1H3/b13-2-,18-17?. The van der Waals surface area contributed by atoms with Crippen molar-refractivity contribution in [1.82, 2.24) is 4.98 Å². The van der Waals surface area contributed by atoms with Crippen molar-refractivity contribution in [2.75, 3.05) is 6.61 Å². The fourth-order valence-electron chi connectivity index (χ4n) is 2.52. The first kappa shape index (κ1) is 12.7. The van der Waals surface area contributed by atoms with Gasteiger partial charge in [-0.05, 0) is 38.0 Å². The second-order valence-electron chi connectivity index (χ2n) is 4.91. The van der Waals surface area contributed by atoms with E-state index in [1.807, 2.05) is 37.3 Å². The monoisotopic (exact) mass is 266 g/mol. The molecule has 20 heavy (non-hydrogen) atoms. The molecule has 3 nitrogen and oxygen atoms in total. The summed E-state index contributed by atoms with van der Waals surface area (Å²) in [5, 5.41) is 9.53. The second-order valence-corrected chi connectivity index (χ2v) is 4.91. The third kappa shape index (κ3) is 2.27. The van der Waals surface area contributed by atoms with Crippen LogP contribution in [0.4, 0.5) is 0 Å². The van der Waals surface area contributed by atoms with Crippen LogP contribution >= 0.6 is 0 Å². The van der Waals surface area contributed by atoms with Gasteiger partial charge in [-0.3, -0.25) is 5.41 Å². The third-order valence-electron chi connectivity index (χ3n) is 3.56. The minimum atomic E-state index is 0.457. The van der Waals surface area contributed by atoms with Crippen LogP contribution in [0.2, 0.25) is 0 Å². The predicted octanol–water partition coefficient (Wildman–Crippen LogP) is 4.29. The summed E-state index contributed by atoms with van der Waals surface area (Å²) in [7, 11) is 0. The van der Waals surface area contributed by atoms with E-state index in [1.54, 1.807) is 0 Å². The molecule has 2 aromatic rings. The van der Waals surface area contributed by atoms with Crippen molar-refractivity contribution >= 4 is 22.2 Å². The molecule has 0 spiro atoms. The number of aromatic amines is 1. The van der Waals surface area contributed by atoms with Crippen LogP contribution in [0, 0.1) is 5.41 Å². The quantitative estimate of drug-likeness (QED) is 0.800. The first-order valence-corrected chi connectivity index (χ1v) is 6.96. The first-order chi connectivity index (χ1) is 9.79. The maximum Gasteiger partial charge on any atom is 0.140 e. The summed E-state index contributed by atoms with van der Waals surface area (Å²) in [5.74, 6) is 0.697. The lowest BCUT2D eigenvalue weighted by Gasteiger charge is -2.17. The van der Waals surface area contributed by atoms with Crippen LogP contribution in [-0.2, 0) is 4.74 Å². The highest BCUT2D eigenvalue weighted by atomic mass is 16.5. The van der Waals surface area contributed by atoms with Gasteiger partial charge in [-0.1, -0.05) is 24.3 Å². The molecule has 1 aromatic heterocycles. The molecule has 2 heterocycles. The van der Waals surface area contributed by atoms with Gasteiger partial charge in [0.15, 0.2) is 0 Å².